The number of carbonyl (C=O) groups excluding carboxylic acids is 3. The van der Waals surface area contributed by atoms with E-state index in [-0.39, 0.29) is 41.4 Å². The molecular formula is C41H48FNO8. The van der Waals surface area contributed by atoms with E-state index in [1.165, 1.54) is 26.4 Å². The molecule has 1 aliphatic carbocycles. The first-order valence-electron chi connectivity index (χ1n) is 17.4. The van der Waals surface area contributed by atoms with Gasteiger partial charge >= 0.3 is 17.9 Å². The van der Waals surface area contributed by atoms with Gasteiger partial charge in [-0.3, -0.25) is 9.78 Å². The van der Waals surface area contributed by atoms with E-state index in [0.717, 1.165) is 45.5 Å². The van der Waals surface area contributed by atoms with Gasteiger partial charge in [0.25, 0.3) is 0 Å². The Balaban J connectivity index is 1.67. The van der Waals surface area contributed by atoms with Crippen molar-refractivity contribution in [2.75, 3.05) is 14.2 Å². The highest BCUT2D eigenvalue weighted by molar-refractivity contribution is 6.04. The van der Waals surface area contributed by atoms with Crippen molar-refractivity contribution >= 4 is 24.0 Å². The van der Waals surface area contributed by atoms with Gasteiger partial charge in [0.2, 0.25) is 0 Å². The molecule has 51 heavy (non-hydrogen) atoms. The smallest absolute Gasteiger partial charge is 0.338 e. The molecule has 1 saturated heterocycles. The minimum atomic E-state index is -0.948. The average Bonchev–Trinajstić information content (AvgIpc) is 3.22. The third kappa shape index (κ3) is 8.73. The second kappa shape index (κ2) is 15.1. The van der Waals surface area contributed by atoms with Crippen LogP contribution in [0.4, 0.5) is 4.39 Å². The van der Waals surface area contributed by atoms with E-state index in [4.69, 9.17) is 28.7 Å². The fourth-order valence-corrected chi connectivity index (χ4v) is 6.93. The SMILES string of the molecule is COC(=O)c1cc2c(cc1C(=O)OC)-c1nc(C(C)C)c(C=C[C@@H]3C[C@H](CC(=O)OC(C)(C)C)OC(C)(C)O3)c(-c3ccc(F)cc3)c1CCC2. The molecule has 272 valence electrons. The van der Waals surface area contributed by atoms with Crippen LogP contribution >= 0.6 is 0 Å². The lowest BCUT2D eigenvalue weighted by Gasteiger charge is -2.40. The lowest BCUT2D eigenvalue weighted by Crippen LogP contribution is -2.45. The monoisotopic (exact) mass is 701 g/mol. The number of hydrogen-bond donors (Lipinski definition) is 0. The molecule has 2 atom stereocenters. The Morgan fingerprint density at radius 3 is 2.25 bits per heavy atom. The Hall–Kier alpha value is -4.41. The third-order valence-corrected chi connectivity index (χ3v) is 8.90. The molecule has 0 radical (unpaired) electrons. The number of fused-ring (bicyclic) bond motifs is 3. The summed E-state index contributed by atoms with van der Waals surface area (Å²) in [7, 11) is 2.55. The van der Waals surface area contributed by atoms with Crippen molar-refractivity contribution < 1.29 is 42.5 Å². The number of benzene rings is 2. The van der Waals surface area contributed by atoms with Gasteiger partial charge in [-0.1, -0.05) is 38.1 Å². The Morgan fingerprint density at radius 2 is 1.65 bits per heavy atom. The van der Waals surface area contributed by atoms with Gasteiger partial charge in [-0.05, 0) is 106 Å². The maximum Gasteiger partial charge on any atom is 0.338 e. The van der Waals surface area contributed by atoms with E-state index < -0.39 is 29.4 Å². The van der Waals surface area contributed by atoms with Gasteiger partial charge < -0.3 is 23.7 Å². The van der Waals surface area contributed by atoms with Crippen molar-refractivity contribution in [1.29, 1.82) is 0 Å². The van der Waals surface area contributed by atoms with Crippen LogP contribution < -0.4 is 0 Å². The molecule has 2 aliphatic rings. The maximum atomic E-state index is 14.3. The number of pyridine rings is 1. The predicted molar refractivity (Wildman–Crippen MR) is 192 cm³/mol. The highest BCUT2D eigenvalue weighted by atomic mass is 19.1. The molecule has 2 aromatic carbocycles. The van der Waals surface area contributed by atoms with Crippen LogP contribution in [0, 0.1) is 5.82 Å². The van der Waals surface area contributed by atoms with Crippen LogP contribution in [0.15, 0.2) is 42.5 Å². The van der Waals surface area contributed by atoms with Gasteiger partial charge in [0, 0.05) is 17.5 Å². The summed E-state index contributed by atoms with van der Waals surface area (Å²) in [6.07, 6.45) is 5.74. The van der Waals surface area contributed by atoms with E-state index in [0.29, 0.717) is 25.0 Å². The fraction of sp³-hybridized carbons (Fsp3) is 0.463. The Morgan fingerprint density at radius 1 is 1.00 bits per heavy atom. The molecule has 0 bridgehead atoms. The number of nitrogens with zero attached hydrogens (tertiary/aromatic N) is 1. The number of esters is 3. The summed E-state index contributed by atoms with van der Waals surface area (Å²) in [5.41, 5.74) is 6.26. The van der Waals surface area contributed by atoms with E-state index in [2.05, 4.69) is 13.8 Å². The topological polar surface area (TPSA) is 110 Å². The molecule has 2 heterocycles. The zero-order chi connectivity index (χ0) is 37.2. The van der Waals surface area contributed by atoms with Gasteiger partial charge in [-0.15, -0.1) is 0 Å². The zero-order valence-corrected chi connectivity index (χ0v) is 31.0. The van der Waals surface area contributed by atoms with Crippen LogP contribution in [-0.4, -0.2) is 60.7 Å². The molecule has 5 rings (SSSR count). The third-order valence-electron chi connectivity index (χ3n) is 8.90. The second-order valence-electron chi connectivity index (χ2n) is 14.8. The lowest BCUT2D eigenvalue weighted by molar-refractivity contribution is -0.290. The van der Waals surface area contributed by atoms with E-state index >= 15 is 0 Å². The van der Waals surface area contributed by atoms with Crippen molar-refractivity contribution in [1.82, 2.24) is 4.98 Å². The number of ether oxygens (including phenoxy) is 5. The predicted octanol–water partition coefficient (Wildman–Crippen LogP) is 8.40. The molecule has 10 heteroatoms. The lowest BCUT2D eigenvalue weighted by atomic mass is 9.86. The van der Waals surface area contributed by atoms with Crippen molar-refractivity contribution in [2.24, 2.45) is 0 Å². The van der Waals surface area contributed by atoms with E-state index in [1.807, 2.05) is 46.8 Å². The molecular weight excluding hydrogens is 653 g/mol. The van der Waals surface area contributed by atoms with Crippen LogP contribution in [0.2, 0.25) is 0 Å². The summed E-state index contributed by atoms with van der Waals surface area (Å²) in [5, 5.41) is 0. The largest absolute Gasteiger partial charge is 0.465 e. The Kier molecular flexibility index (Phi) is 11.2. The number of halogens is 1. The first-order valence-corrected chi connectivity index (χ1v) is 17.4. The van der Waals surface area contributed by atoms with Crippen LogP contribution in [-0.2, 0) is 41.3 Å². The average molecular weight is 702 g/mol. The molecule has 1 aliphatic heterocycles. The van der Waals surface area contributed by atoms with Crippen LogP contribution in [0.5, 0.6) is 0 Å². The molecule has 0 saturated carbocycles. The van der Waals surface area contributed by atoms with Crippen molar-refractivity contribution in [3.63, 3.8) is 0 Å². The molecule has 3 aromatic rings. The van der Waals surface area contributed by atoms with Crippen LogP contribution in [0.25, 0.3) is 28.5 Å². The van der Waals surface area contributed by atoms with Gasteiger partial charge in [0.15, 0.2) is 5.79 Å². The summed E-state index contributed by atoms with van der Waals surface area (Å²) >= 11 is 0. The molecule has 0 unspecified atom stereocenters. The molecule has 1 fully saturated rings. The standard InChI is InChI=1S/C41H48FNO8/c1-23(2)36-30(18-17-27-20-28(50-41(6,7)49-27)21-34(44)51-40(3,4)5)35(24-13-15-26(42)16-14-24)29-12-10-11-25-19-32(38(45)47-8)33(39(46)48-9)22-31(25)37(29)43-36/h13-19,22-23,27-28H,10-12,20-21H2,1-9H3/t27-,28-/m1/s1. The summed E-state index contributed by atoms with van der Waals surface area (Å²) in [6, 6.07) is 9.81. The number of rotatable bonds is 8. The number of aryl methyl sites for hydroxylation is 1. The minimum absolute atomic E-state index is 0.0396. The number of aromatic nitrogens is 1. The van der Waals surface area contributed by atoms with Gasteiger partial charge in [-0.2, -0.15) is 0 Å². The van der Waals surface area contributed by atoms with Crippen molar-refractivity contribution in [3.8, 4) is 22.4 Å². The van der Waals surface area contributed by atoms with Gasteiger partial charge in [-0.25, -0.2) is 14.0 Å². The normalized spacial score (nSPS) is 18.5. The number of hydrogen-bond acceptors (Lipinski definition) is 9. The van der Waals surface area contributed by atoms with Gasteiger partial charge in [0.1, 0.15) is 11.4 Å². The quantitative estimate of drug-likeness (QED) is 0.169. The second-order valence-corrected chi connectivity index (χ2v) is 14.8. The molecule has 9 nitrogen and oxygen atoms in total. The highest BCUT2D eigenvalue weighted by Crippen LogP contribution is 2.43. The summed E-state index contributed by atoms with van der Waals surface area (Å²) in [5.74, 6) is -2.96. The fourth-order valence-electron chi connectivity index (χ4n) is 6.93. The Bertz CT molecular complexity index is 1840. The Labute approximate surface area is 299 Å². The number of carbonyl (C=O) groups is 3. The van der Waals surface area contributed by atoms with Crippen LogP contribution in [0.3, 0.4) is 0 Å². The first kappa shape index (κ1) is 37.8. The molecule has 0 amide bonds. The van der Waals surface area contributed by atoms with Crippen LogP contribution in [0.1, 0.15) is 117 Å². The highest BCUT2D eigenvalue weighted by Gasteiger charge is 2.37. The van der Waals surface area contributed by atoms with Crippen molar-refractivity contribution in [3.05, 3.63) is 81.8 Å². The summed E-state index contributed by atoms with van der Waals surface area (Å²) < 4.78 is 42.4. The maximum absolute atomic E-state index is 14.3. The van der Waals surface area contributed by atoms with E-state index in [1.54, 1.807) is 24.3 Å². The molecule has 1 aromatic heterocycles. The summed E-state index contributed by atoms with van der Waals surface area (Å²) in [4.78, 5) is 43.8. The van der Waals surface area contributed by atoms with E-state index in [9.17, 15) is 18.8 Å². The molecule has 0 N–H and O–H groups in total. The van der Waals surface area contributed by atoms with Gasteiger partial charge in [0.05, 0.1) is 55.4 Å². The minimum Gasteiger partial charge on any atom is -0.465 e. The first-order chi connectivity index (χ1) is 24.0. The van der Waals surface area contributed by atoms with Crippen molar-refractivity contribution in [2.45, 2.75) is 110 Å². The molecule has 0 spiro atoms. The number of methoxy groups -OCH3 is 2. The summed E-state index contributed by atoms with van der Waals surface area (Å²) in [6.45, 7) is 13.3. The zero-order valence-electron chi connectivity index (χ0n) is 31.0.